The largest absolute Gasteiger partial charge is 0.496 e. The standard InChI is InChI=1S/C24H30N2O5/c1-16(2)17-6-8-18(9-7-17)23(27)25-10-12-26(13-11-25)24(28)19-14-21(30-4)22(31-5)15-20(19)29-3/h6-9,14-16H,10-13H2,1-5H3. The first-order valence-corrected chi connectivity index (χ1v) is 10.4. The Morgan fingerprint density at radius 2 is 1.23 bits per heavy atom. The van der Waals surface area contributed by atoms with Gasteiger partial charge in [0.2, 0.25) is 0 Å². The summed E-state index contributed by atoms with van der Waals surface area (Å²) in [5, 5.41) is 0. The Morgan fingerprint density at radius 1 is 0.742 bits per heavy atom. The number of piperazine rings is 1. The van der Waals surface area contributed by atoms with Gasteiger partial charge in [0.05, 0.1) is 26.9 Å². The van der Waals surface area contributed by atoms with E-state index < -0.39 is 0 Å². The van der Waals surface area contributed by atoms with Crippen molar-refractivity contribution in [2.45, 2.75) is 19.8 Å². The van der Waals surface area contributed by atoms with E-state index in [0.29, 0.717) is 60.5 Å². The fraction of sp³-hybridized carbons (Fsp3) is 0.417. The van der Waals surface area contributed by atoms with Crippen LogP contribution >= 0.6 is 0 Å². The van der Waals surface area contributed by atoms with Gasteiger partial charge in [0.1, 0.15) is 5.75 Å². The summed E-state index contributed by atoms with van der Waals surface area (Å²) in [6.45, 7) is 6.11. The molecule has 1 fully saturated rings. The highest BCUT2D eigenvalue weighted by Gasteiger charge is 2.28. The fourth-order valence-electron chi connectivity index (χ4n) is 3.67. The molecule has 0 radical (unpaired) electrons. The third kappa shape index (κ3) is 4.76. The van der Waals surface area contributed by atoms with Gasteiger partial charge >= 0.3 is 0 Å². The Morgan fingerprint density at radius 3 is 1.71 bits per heavy atom. The minimum atomic E-state index is -0.161. The zero-order chi connectivity index (χ0) is 22.5. The van der Waals surface area contributed by atoms with Crippen LogP contribution < -0.4 is 14.2 Å². The van der Waals surface area contributed by atoms with Gasteiger partial charge in [-0.05, 0) is 23.6 Å². The molecule has 0 N–H and O–H groups in total. The van der Waals surface area contributed by atoms with Gasteiger partial charge in [-0.3, -0.25) is 9.59 Å². The highest BCUT2D eigenvalue weighted by Crippen LogP contribution is 2.35. The van der Waals surface area contributed by atoms with Crippen LogP contribution in [0.3, 0.4) is 0 Å². The number of hydrogen-bond donors (Lipinski definition) is 0. The molecule has 7 heteroatoms. The Hall–Kier alpha value is -3.22. The molecule has 2 aromatic carbocycles. The molecule has 0 unspecified atom stereocenters. The molecular weight excluding hydrogens is 396 g/mol. The van der Waals surface area contributed by atoms with E-state index in [9.17, 15) is 9.59 Å². The molecule has 0 aromatic heterocycles. The van der Waals surface area contributed by atoms with Gasteiger partial charge in [0, 0.05) is 43.9 Å². The molecule has 0 spiro atoms. The summed E-state index contributed by atoms with van der Waals surface area (Å²) in [6, 6.07) is 11.0. The number of nitrogens with zero attached hydrogens (tertiary/aromatic N) is 2. The zero-order valence-electron chi connectivity index (χ0n) is 18.8. The van der Waals surface area contributed by atoms with Crippen LogP contribution in [0.2, 0.25) is 0 Å². The van der Waals surface area contributed by atoms with Crippen molar-refractivity contribution in [2.24, 2.45) is 0 Å². The summed E-state index contributed by atoms with van der Waals surface area (Å²) in [4.78, 5) is 29.5. The number of hydrogen-bond acceptors (Lipinski definition) is 5. The molecule has 0 aliphatic carbocycles. The van der Waals surface area contributed by atoms with Crippen LogP contribution in [-0.4, -0.2) is 69.1 Å². The number of methoxy groups -OCH3 is 3. The second kappa shape index (κ2) is 9.73. The fourth-order valence-corrected chi connectivity index (χ4v) is 3.67. The van der Waals surface area contributed by atoms with E-state index in [-0.39, 0.29) is 11.8 Å². The van der Waals surface area contributed by atoms with E-state index in [0.717, 1.165) is 0 Å². The smallest absolute Gasteiger partial charge is 0.257 e. The van der Waals surface area contributed by atoms with Crippen molar-refractivity contribution in [3.8, 4) is 17.2 Å². The molecule has 166 valence electrons. The maximum absolute atomic E-state index is 13.1. The van der Waals surface area contributed by atoms with Gasteiger partial charge in [-0.2, -0.15) is 0 Å². The number of carbonyl (C=O) groups is 2. The molecular formula is C24H30N2O5. The summed E-state index contributed by atoms with van der Waals surface area (Å²) in [5.41, 5.74) is 2.28. The second-order valence-corrected chi connectivity index (χ2v) is 7.77. The SMILES string of the molecule is COc1cc(OC)c(C(=O)N2CCN(C(=O)c3ccc(C(C)C)cc3)CC2)cc1OC. The minimum Gasteiger partial charge on any atom is -0.496 e. The van der Waals surface area contributed by atoms with E-state index in [1.54, 1.807) is 21.9 Å². The molecule has 1 heterocycles. The lowest BCUT2D eigenvalue weighted by Crippen LogP contribution is -2.50. The molecule has 2 amide bonds. The van der Waals surface area contributed by atoms with Crippen molar-refractivity contribution in [3.63, 3.8) is 0 Å². The van der Waals surface area contributed by atoms with Crippen LogP contribution in [0.1, 0.15) is 46.0 Å². The highest BCUT2D eigenvalue weighted by molar-refractivity contribution is 5.98. The van der Waals surface area contributed by atoms with Gasteiger partial charge in [0.15, 0.2) is 11.5 Å². The Balaban J connectivity index is 1.69. The van der Waals surface area contributed by atoms with E-state index in [1.807, 2.05) is 24.3 Å². The predicted molar refractivity (Wildman–Crippen MR) is 118 cm³/mol. The number of rotatable bonds is 6. The molecule has 1 saturated heterocycles. The lowest BCUT2D eigenvalue weighted by Gasteiger charge is -2.35. The van der Waals surface area contributed by atoms with E-state index in [4.69, 9.17) is 14.2 Å². The van der Waals surface area contributed by atoms with Crippen molar-refractivity contribution in [1.29, 1.82) is 0 Å². The van der Waals surface area contributed by atoms with Gasteiger partial charge in [-0.1, -0.05) is 26.0 Å². The number of amides is 2. The molecule has 0 atom stereocenters. The Labute approximate surface area is 183 Å². The topological polar surface area (TPSA) is 68.3 Å². The molecule has 1 aliphatic heterocycles. The summed E-state index contributed by atoms with van der Waals surface area (Å²) < 4.78 is 16.0. The maximum Gasteiger partial charge on any atom is 0.257 e. The summed E-state index contributed by atoms with van der Waals surface area (Å²) in [5.74, 6) is 1.64. The molecule has 3 rings (SSSR count). The average Bonchev–Trinajstić information content (AvgIpc) is 2.82. The molecule has 0 bridgehead atoms. The third-order valence-corrected chi connectivity index (χ3v) is 5.61. The molecule has 1 aliphatic rings. The zero-order valence-corrected chi connectivity index (χ0v) is 18.8. The van der Waals surface area contributed by atoms with Crippen LogP contribution in [0.5, 0.6) is 17.2 Å². The molecule has 31 heavy (non-hydrogen) atoms. The Bertz CT molecular complexity index is 932. The van der Waals surface area contributed by atoms with Crippen LogP contribution in [0.4, 0.5) is 0 Å². The number of carbonyl (C=O) groups excluding carboxylic acids is 2. The first-order valence-electron chi connectivity index (χ1n) is 10.4. The second-order valence-electron chi connectivity index (χ2n) is 7.77. The van der Waals surface area contributed by atoms with Crippen molar-refractivity contribution < 1.29 is 23.8 Å². The lowest BCUT2D eigenvalue weighted by atomic mass is 10.0. The number of ether oxygens (including phenoxy) is 3. The van der Waals surface area contributed by atoms with Gasteiger partial charge in [-0.15, -0.1) is 0 Å². The Kier molecular flexibility index (Phi) is 7.05. The highest BCUT2D eigenvalue weighted by atomic mass is 16.5. The summed E-state index contributed by atoms with van der Waals surface area (Å²) >= 11 is 0. The van der Waals surface area contributed by atoms with Gasteiger partial charge in [-0.25, -0.2) is 0 Å². The monoisotopic (exact) mass is 426 g/mol. The van der Waals surface area contributed by atoms with E-state index >= 15 is 0 Å². The van der Waals surface area contributed by atoms with E-state index in [2.05, 4.69) is 13.8 Å². The lowest BCUT2D eigenvalue weighted by molar-refractivity contribution is 0.0533. The first-order chi connectivity index (χ1) is 14.9. The van der Waals surface area contributed by atoms with Crippen LogP contribution in [0.15, 0.2) is 36.4 Å². The van der Waals surface area contributed by atoms with Crippen molar-refractivity contribution in [3.05, 3.63) is 53.1 Å². The van der Waals surface area contributed by atoms with Crippen molar-refractivity contribution in [2.75, 3.05) is 47.5 Å². The summed E-state index contributed by atoms with van der Waals surface area (Å²) in [6.07, 6.45) is 0. The quantitative estimate of drug-likeness (QED) is 0.708. The molecule has 7 nitrogen and oxygen atoms in total. The van der Waals surface area contributed by atoms with Crippen LogP contribution in [-0.2, 0) is 0 Å². The van der Waals surface area contributed by atoms with Crippen molar-refractivity contribution in [1.82, 2.24) is 9.80 Å². The first kappa shape index (κ1) is 22.5. The van der Waals surface area contributed by atoms with Crippen LogP contribution in [0, 0.1) is 0 Å². The minimum absolute atomic E-state index is 0.00824. The van der Waals surface area contributed by atoms with Gasteiger partial charge < -0.3 is 24.0 Å². The average molecular weight is 427 g/mol. The maximum atomic E-state index is 13.1. The summed E-state index contributed by atoms with van der Waals surface area (Å²) in [7, 11) is 4.57. The predicted octanol–water partition coefficient (Wildman–Crippen LogP) is 3.43. The molecule has 0 saturated carbocycles. The van der Waals surface area contributed by atoms with Crippen molar-refractivity contribution >= 4 is 11.8 Å². The number of benzene rings is 2. The van der Waals surface area contributed by atoms with Gasteiger partial charge in [0.25, 0.3) is 11.8 Å². The van der Waals surface area contributed by atoms with E-state index in [1.165, 1.54) is 26.9 Å². The third-order valence-electron chi connectivity index (χ3n) is 5.61. The van der Waals surface area contributed by atoms with Crippen LogP contribution in [0.25, 0.3) is 0 Å². The normalized spacial score (nSPS) is 13.9. The molecule has 2 aromatic rings.